The fourth-order valence-corrected chi connectivity index (χ4v) is 2.08. The molecule has 0 aliphatic heterocycles. The molecule has 0 fully saturated rings. The van der Waals surface area contributed by atoms with Gasteiger partial charge in [0.25, 0.3) is 5.91 Å². The molecule has 0 spiro atoms. The first-order valence-corrected chi connectivity index (χ1v) is 6.92. The summed E-state index contributed by atoms with van der Waals surface area (Å²) in [5.74, 6) is -0.333. The summed E-state index contributed by atoms with van der Waals surface area (Å²) in [5, 5.41) is 2.68. The molecule has 1 amide bonds. The molecule has 1 aromatic carbocycles. The monoisotopic (exact) mass is 343 g/mol. The molecule has 1 atom stereocenters. The highest BCUT2D eigenvalue weighted by Gasteiger charge is 2.26. The van der Waals surface area contributed by atoms with Crippen molar-refractivity contribution in [2.45, 2.75) is 19.9 Å². The molecule has 5 nitrogen and oxygen atoms in total. The number of carbonyl (C=O) groups is 2. The lowest BCUT2D eigenvalue weighted by Crippen LogP contribution is -2.45. The number of carbonyl (C=O) groups excluding carboxylic acids is 2. The molecule has 0 aliphatic carbocycles. The van der Waals surface area contributed by atoms with Crippen LogP contribution in [-0.4, -0.2) is 32.1 Å². The van der Waals surface area contributed by atoms with Gasteiger partial charge in [-0.25, -0.2) is 4.79 Å². The van der Waals surface area contributed by atoms with E-state index in [0.717, 1.165) is 0 Å². The second-order valence-corrected chi connectivity index (χ2v) is 5.42. The van der Waals surface area contributed by atoms with E-state index in [9.17, 15) is 9.59 Å². The fraction of sp³-hybridized carbons (Fsp3) is 0.429. The second-order valence-electron chi connectivity index (χ2n) is 4.56. The van der Waals surface area contributed by atoms with Crippen molar-refractivity contribution >= 4 is 27.8 Å². The molecule has 20 heavy (non-hydrogen) atoms. The lowest BCUT2D eigenvalue weighted by molar-refractivity contribution is -0.144. The molecule has 1 aromatic rings. The molecule has 0 aliphatic rings. The van der Waals surface area contributed by atoms with E-state index in [-0.39, 0.29) is 11.8 Å². The molecule has 1 rings (SSSR count). The maximum Gasteiger partial charge on any atom is 0.328 e. The van der Waals surface area contributed by atoms with Crippen LogP contribution >= 0.6 is 15.9 Å². The van der Waals surface area contributed by atoms with Gasteiger partial charge in [0, 0.05) is 4.47 Å². The normalized spacial score (nSPS) is 11.9. The molecule has 0 heterocycles. The molecule has 0 aromatic heterocycles. The minimum Gasteiger partial charge on any atom is -0.497 e. The van der Waals surface area contributed by atoms with Gasteiger partial charge in [0.05, 0.1) is 19.8 Å². The number of methoxy groups -OCH3 is 2. The zero-order valence-corrected chi connectivity index (χ0v) is 13.5. The van der Waals surface area contributed by atoms with Gasteiger partial charge in [0.15, 0.2) is 0 Å². The summed E-state index contributed by atoms with van der Waals surface area (Å²) in [5.41, 5.74) is 0.402. The Balaban J connectivity index is 2.97. The van der Waals surface area contributed by atoms with Crippen LogP contribution in [0.15, 0.2) is 22.7 Å². The Morgan fingerprint density at radius 1 is 1.25 bits per heavy atom. The van der Waals surface area contributed by atoms with E-state index in [1.807, 2.05) is 13.8 Å². The van der Waals surface area contributed by atoms with Gasteiger partial charge in [-0.3, -0.25) is 4.79 Å². The van der Waals surface area contributed by atoms with Gasteiger partial charge in [0.2, 0.25) is 0 Å². The van der Waals surface area contributed by atoms with Gasteiger partial charge >= 0.3 is 5.97 Å². The average molecular weight is 344 g/mol. The number of hydrogen-bond acceptors (Lipinski definition) is 4. The summed E-state index contributed by atoms with van der Waals surface area (Å²) < 4.78 is 10.4. The Morgan fingerprint density at radius 2 is 1.90 bits per heavy atom. The van der Waals surface area contributed by atoms with E-state index in [2.05, 4.69) is 21.2 Å². The number of rotatable bonds is 5. The molecule has 6 heteroatoms. The smallest absolute Gasteiger partial charge is 0.328 e. The minimum atomic E-state index is -0.689. The Morgan fingerprint density at radius 3 is 2.40 bits per heavy atom. The zero-order chi connectivity index (χ0) is 15.3. The van der Waals surface area contributed by atoms with Crippen LogP contribution in [0, 0.1) is 5.92 Å². The van der Waals surface area contributed by atoms with Gasteiger partial charge in [-0.15, -0.1) is 0 Å². The lowest BCUT2D eigenvalue weighted by atomic mass is 10.0. The quantitative estimate of drug-likeness (QED) is 0.833. The van der Waals surface area contributed by atoms with Gasteiger partial charge in [-0.1, -0.05) is 13.8 Å². The van der Waals surface area contributed by atoms with Gasteiger partial charge in [-0.05, 0) is 40.0 Å². The molecule has 0 saturated carbocycles. The highest BCUT2D eigenvalue weighted by Crippen LogP contribution is 2.22. The topological polar surface area (TPSA) is 64.6 Å². The summed E-state index contributed by atoms with van der Waals surface area (Å²) in [7, 11) is 2.82. The number of hydrogen-bond donors (Lipinski definition) is 1. The van der Waals surface area contributed by atoms with Crippen molar-refractivity contribution < 1.29 is 19.1 Å². The van der Waals surface area contributed by atoms with Gasteiger partial charge in [0.1, 0.15) is 11.8 Å². The number of esters is 1. The van der Waals surface area contributed by atoms with Crippen LogP contribution in [0.1, 0.15) is 24.2 Å². The third kappa shape index (κ3) is 3.96. The summed E-state index contributed by atoms with van der Waals surface area (Å²) >= 11 is 3.31. The molecular formula is C14H18BrNO4. The SMILES string of the molecule is COC(=O)C(NC(=O)c1cc(OC)ccc1Br)C(C)C. The van der Waals surface area contributed by atoms with Crippen molar-refractivity contribution in [3.05, 3.63) is 28.2 Å². The molecule has 1 unspecified atom stereocenters. The van der Waals surface area contributed by atoms with Crippen LogP contribution in [0.4, 0.5) is 0 Å². The molecular weight excluding hydrogens is 326 g/mol. The van der Waals surface area contributed by atoms with Crippen molar-refractivity contribution in [2.75, 3.05) is 14.2 Å². The maximum absolute atomic E-state index is 12.3. The van der Waals surface area contributed by atoms with Crippen molar-refractivity contribution in [3.63, 3.8) is 0 Å². The van der Waals surface area contributed by atoms with Crippen LogP contribution < -0.4 is 10.1 Å². The van der Waals surface area contributed by atoms with Crippen LogP contribution in [0.5, 0.6) is 5.75 Å². The Bertz CT molecular complexity index is 502. The largest absolute Gasteiger partial charge is 0.497 e. The maximum atomic E-state index is 12.3. The van der Waals surface area contributed by atoms with Gasteiger partial charge < -0.3 is 14.8 Å². The van der Waals surface area contributed by atoms with Crippen LogP contribution in [0.25, 0.3) is 0 Å². The first-order valence-electron chi connectivity index (χ1n) is 6.13. The third-order valence-electron chi connectivity index (χ3n) is 2.83. The standard InChI is InChI=1S/C14H18BrNO4/c1-8(2)12(14(18)20-4)16-13(17)10-7-9(19-3)5-6-11(10)15/h5-8,12H,1-4H3,(H,16,17). The van der Waals surface area contributed by atoms with Gasteiger partial charge in [-0.2, -0.15) is 0 Å². The Kier molecular flexibility index (Phi) is 6.01. The number of nitrogens with one attached hydrogen (secondary N) is 1. The van der Waals surface area contributed by atoms with E-state index >= 15 is 0 Å². The number of ether oxygens (including phenoxy) is 2. The number of benzene rings is 1. The van der Waals surface area contributed by atoms with Crippen LogP contribution in [-0.2, 0) is 9.53 Å². The number of halogens is 1. The summed E-state index contributed by atoms with van der Waals surface area (Å²) in [4.78, 5) is 23.9. The van der Waals surface area contributed by atoms with Crippen molar-refractivity contribution in [1.29, 1.82) is 0 Å². The van der Waals surface area contributed by atoms with E-state index in [1.54, 1.807) is 18.2 Å². The third-order valence-corrected chi connectivity index (χ3v) is 3.52. The second kappa shape index (κ2) is 7.28. The van der Waals surface area contributed by atoms with Crippen molar-refractivity contribution in [1.82, 2.24) is 5.32 Å². The predicted octanol–water partition coefficient (Wildman–Crippen LogP) is 2.39. The van der Waals surface area contributed by atoms with Crippen molar-refractivity contribution in [2.24, 2.45) is 5.92 Å². The summed E-state index contributed by atoms with van der Waals surface area (Å²) in [6.45, 7) is 3.67. The summed E-state index contributed by atoms with van der Waals surface area (Å²) in [6, 6.07) is 4.37. The first kappa shape index (κ1) is 16.5. The molecule has 0 saturated heterocycles. The average Bonchev–Trinajstić information content (AvgIpc) is 2.43. The van der Waals surface area contributed by atoms with Crippen LogP contribution in [0.2, 0.25) is 0 Å². The highest BCUT2D eigenvalue weighted by molar-refractivity contribution is 9.10. The molecule has 110 valence electrons. The molecule has 1 N–H and O–H groups in total. The number of amides is 1. The zero-order valence-electron chi connectivity index (χ0n) is 11.9. The van der Waals surface area contributed by atoms with E-state index in [1.165, 1.54) is 14.2 Å². The van der Waals surface area contributed by atoms with E-state index in [4.69, 9.17) is 9.47 Å². The predicted molar refractivity (Wildman–Crippen MR) is 78.8 cm³/mol. The molecule has 0 radical (unpaired) electrons. The first-order chi connectivity index (χ1) is 9.40. The Labute approximate surface area is 126 Å². The van der Waals surface area contributed by atoms with Crippen molar-refractivity contribution in [3.8, 4) is 5.75 Å². The summed E-state index contributed by atoms with van der Waals surface area (Å²) in [6.07, 6.45) is 0. The fourth-order valence-electron chi connectivity index (χ4n) is 1.65. The highest BCUT2D eigenvalue weighted by atomic mass is 79.9. The van der Waals surface area contributed by atoms with E-state index < -0.39 is 12.0 Å². The molecule has 0 bridgehead atoms. The minimum absolute atomic E-state index is 0.0733. The Hall–Kier alpha value is -1.56. The lowest BCUT2D eigenvalue weighted by Gasteiger charge is -2.20. The van der Waals surface area contributed by atoms with E-state index in [0.29, 0.717) is 15.8 Å². The van der Waals surface area contributed by atoms with Crippen LogP contribution in [0.3, 0.4) is 0 Å².